The highest BCUT2D eigenvalue weighted by Crippen LogP contribution is 2.39. The molecule has 41 heavy (non-hydrogen) atoms. The van der Waals surface area contributed by atoms with Crippen LogP contribution in [0.15, 0.2) is 30.3 Å². The first-order valence-corrected chi connectivity index (χ1v) is 14.2. The van der Waals surface area contributed by atoms with Crippen LogP contribution in [0.1, 0.15) is 23.3 Å². The minimum atomic E-state index is -4.40. The van der Waals surface area contributed by atoms with E-state index in [0.29, 0.717) is 10.3 Å². The molecule has 1 aliphatic rings. The van der Waals surface area contributed by atoms with E-state index >= 15 is 0 Å². The number of hydrogen-bond acceptors (Lipinski definition) is 8. The lowest BCUT2D eigenvalue weighted by molar-refractivity contribution is -0.126. The van der Waals surface area contributed by atoms with Gasteiger partial charge in [0.05, 0.1) is 52.8 Å². The molecule has 4 rings (SSSR count). The number of thiophene rings is 1. The van der Waals surface area contributed by atoms with Gasteiger partial charge in [0.25, 0.3) is 0 Å². The van der Waals surface area contributed by atoms with Crippen LogP contribution in [0.3, 0.4) is 0 Å². The van der Waals surface area contributed by atoms with E-state index in [1.54, 1.807) is 12.1 Å². The van der Waals surface area contributed by atoms with E-state index in [1.807, 2.05) is 6.07 Å². The predicted molar refractivity (Wildman–Crippen MR) is 156 cm³/mol. The summed E-state index contributed by atoms with van der Waals surface area (Å²) in [6.45, 7) is 1.60. The lowest BCUT2D eigenvalue weighted by Gasteiger charge is -2.30. The van der Waals surface area contributed by atoms with Crippen LogP contribution in [0.2, 0.25) is 0 Å². The third-order valence-electron chi connectivity index (χ3n) is 6.69. The van der Waals surface area contributed by atoms with Gasteiger partial charge in [-0.05, 0) is 50.0 Å². The van der Waals surface area contributed by atoms with Gasteiger partial charge < -0.3 is 35.8 Å². The maximum Gasteiger partial charge on any atom is 0.393 e. The van der Waals surface area contributed by atoms with Gasteiger partial charge in [0.15, 0.2) is 0 Å². The number of fused-ring (bicyclic) bond motifs is 1. The summed E-state index contributed by atoms with van der Waals surface area (Å²) in [5.74, 6) is 5.45. The quantitative estimate of drug-likeness (QED) is 0.160. The molecule has 222 valence electrons. The van der Waals surface area contributed by atoms with E-state index in [9.17, 15) is 17.6 Å². The Hall–Kier alpha value is -3.24. The Morgan fingerprint density at radius 2 is 1.85 bits per heavy atom. The lowest BCUT2D eigenvalue weighted by Crippen LogP contribution is -2.36. The average molecular weight is 595 g/mol. The van der Waals surface area contributed by atoms with Crippen LogP contribution >= 0.6 is 11.3 Å². The van der Waals surface area contributed by atoms with Crippen molar-refractivity contribution >= 4 is 38.5 Å². The fraction of sp³-hybridized carbons (Fsp3) is 0.448. The zero-order valence-corrected chi connectivity index (χ0v) is 23.5. The highest BCUT2D eigenvalue weighted by atomic mass is 32.1. The zero-order valence-electron chi connectivity index (χ0n) is 22.7. The van der Waals surface area contributed by atoms with E-state index in [4.69, 9.17) is 14.9 Å². The van der Waals surface area contributed by atoms with Crippen molar-refractivity contribution < 1.29 is 32.5 Å². The fourth-order valence-corrected chi connectivity index (χ4v) is 5.86. The SMILES string of the molecule is CN1CCC(Nc2cccc3c(CC(F)(F)F)c(C#CCNc4cc(F)c(NCCO)cc4OCCO)sc23)CC1. The summed E-state index contributed by atoms with van der Waals surface area (Å²) in [4.78, 5) is 2.59. The van der Waals surface area contributed by atoms with Gasteiger partial charge in [0.2, 0.25) is 0 Å². The molecule has 0 aliphatic carbocycles. The van der Waals surface area contributed by atoms with Crippen LogP contribution in [0.5, 0.6) is 5.75 Å². The largest absolute Gasteiger partial charge is 0.489 e. The van der Waals surface area contributed by atoms with Gasteiger partial charge in [-0.3, -0.25) is 0 Å². The van der Waals surface area contributed by atoms with Crippen LogP contribution in [-0.2, 0) is 6.42 Å². The average Bonchev–Trinajstić information content (AvgIpc) is 3.27. The van der Waals surface area contributed by atoms with Gasteiger partial charge in [0.1, 0.15) is 18.2 Å². The van der Waals surface area contributed by atoms with E-state index < -0.39 is 18.4 Å². The second kappa shape index (κ2) is 14.1. The second-order valence-electron chi connectivity index (χ2n) is 9.81. The maximum atomic E-state index is 14.6. The number of ether oxygens (including phenoxy) is 1. The third kappa shape index (κ3) is 8.39. The van der Waals surface area contributed by atoms with Crippen molar-refractivity contribution in [2.75, 3.05) is 69.0 Å². The molecule has 0 unspecified atom stereocenters. The summed E-state index contributed by atoms with van der Waals surface area (Å²) in [5, 5.41) is 27.9. The molecule has 0 radical (unpaired) electrons. The molecular formula is C29H34F4N4O3S. The number of aliphatic hydroxyl groups is 2. The lowest BCUT2D eigenvalue weighted by atomic mass is 10.0. The maximum absolute atomic E-state index is 14.6. The molecule has 7 nitrogen and oxygen atoms in total. The van der Waals surface area contributed by atoms with Crippen molar-refractivity contribution in [3.05, 3.63) is 46.6 Å². The van der Waals surface area contributed by atoms with Gasteiger partial charge in [0, 0.05) is 24.7 Å². The van der Waals surface area contributed by atoms with Crippen molar-refractivity contribution in [2.45, 2.75) is 31.5 Å². The smallest absolute Gasteiger partial charge is 0.393 e. The number of hydrogen-bond donors (Lipinski definition) is 5. The topological polar surface area (TPSA) is 89.0 Å². The van der Waals surface area contributed by atoms with Crippen LogP contribution in [0.25, 0.3) is 10.1 Å². The van der Waals surface area contributed by atoms with E-state index in [1.165, 1.54) is 23.5 Å². The fourth-order valence-electron chi connectivity index (χ4n) is 4.69. The summed E-state index contributed by atoms with van der Waals surface area (Å²) in [7, 11) is 2.07. The molecule has 1 aromatic heterocycles. The third-order valence-corrected chi connectivity index (χ3v) is 7.88. The van der Waals surface area contributed by atoms with Crippen molar-refractivity contribution in [3.8, 4) is 17.6 Å². The molecular weight excluding hydrogens is 560 g/mol. The van der Waals surface area contributed by atoms with Crippen LogP contribution in [0.4, 0.5) is 34.6 Å². The molecule has 0 atom stereocenters. The summed E-state index contributed by atoms with van der Waals surface area (Å²) >= 11 is 1.24. The van der Waals surface area contributed by atoms with Gasteiger partial charge in [-0.1, -0.05) is 24.0 Å². The molecule has 3 aromatic rings. The zero-order chi connectivity index (χ0) is 29.4. The Morgan fingerprint density at radius 1 is 1.07 bits per heavy atom. The molecule has 1 saturated heterocycles. The number of halogens is 4. The number of nitrogens with one attached hydrogen (secondary N) is 3. The number of piperidine rings is 1. The number of anilines is 3. The van der Waals surface area contributed by atoms with E-state index in [2.05, 4.69) is 39.7 Å². The molecule has 0 saturated carbocycles. The van der Waals surface area contributed by atoms with E-state index in [0.717, 1.165) is 36.3 Å². The molecule has 0 bridgehead atoms. The Kier molecular flexibility index (Phi) is 10.6. The molecule has 1 aliphatic heterocycles. The Balaban J connectivity index is 1.58. The number of aliphatic hydroxyl groups excluding tert-OH is 2. The number of alkyl halides is 3. The van der Waals surface area contributed by atoms with Crippen molar-refractivity contribution in [1.29, 1.82) is 0 Å². The molecule has 2 heterocycles. The molecule has 12 heteroatoms. The highest BCUT2D eigenvalue weighted by molar-refractivity contribution is 7.20. The Morgan fingerprint density at radius 3 is 2.56 bits per heavy atom. The second-order valence-corrected chi connectivity index (χ2v) is 10.8. The van der Waals surface area contributed by atoms with Crippen molar-refractivity contribution in [1.82, 2.24) is 4.90 Å². The summed E-state index contributed by atoms with van der Waals surface area (Å²) < 4.78 is 61.6. The number of rotatable bonds is 11. The Labute approximate surface area is 240 Å². The predicted octanol–water partition coefficient (Wildman–Crippen LogP) is 4.89. The number of nitrogens with zero attached hydrogens (tertiary/aromatic N) is 1. The first kappa shape index (κ1) is 30.7. The monoisotopic (exact) mass is 594 g/mol. The first-order valence-electron chi connectivity index (χ1n) is 13.4. The number of likely N-dealkylation sites (tertiary alicyclic amines) is 1. The minimum absolute atomic E-state index is 0.0126. The van der Waals surface area contributed by atoms with Crippen LogP contribution in [-0.4, -0.2) is 80.4 Å². The normalized spacial score (nSPS) is 14.5. The van der Waals surface area contributed by atoms with Crippen molar-refractivity contribution in [3.63, 3.8) is 0 Å². The van der Waals surface area contributed by atoms with Gasteiger partial charge >= 0.3 is 6.18 Å². The molecule has 5 N–H and O–H groups in total. The molecule has 2 aromatic carbocycles. The van der Waals surface area contributed by atoms with Crippen LogP contribution in [0, 0.1) is 17.7 Å². The van der Waals surface area contributed by atoms with Gasteiger partial charge in [-0.15, -0.1) is 11.3 Å². The van der Waals surface area contributed by atoms with Crippen LogP contribution < -0.4 is 20.7 Å². The number of benzene rings is 2. The summed E-state index contributed by atoms with van der Waals surface area (Å²) in [5.41, 5.74) is 1.36. The van der Waals surface area contributed by atoms with Crippen molar-refractivity contribution in [2.24, 2.45) is 0 Å². The first-order chi connectivity index (χ1) is 19.7. The summed E-state index contributed by atoms with van der Waals surface area (Å²) in [6, 6.07) is 8.22. The molecule has 0 amide bonds. The highest BCUT2D eigenvalue weighted by Gasteiger charge is 2.31. The standard InChI is InChI=1S/C29H34F4N4O3S/c1-37-11-7-19(8-12-37)36-23-5-2-4-20-21(18-29(31,32)33)27(41-28(20)23)6-3-9-34-25-16-22(30)24(35-10-13-38)17-26(25)40-15-14-39/h2,4-5,16-17,19,34-36,38-39H,7-15,18H2,1H3. The minimum Gasteiger partial charge on any atom is -0.489 e. The molecule has 0 spiro atoms. The van der Waals surface area contributed by atoms with E-state index in [-0.39, 0.29) is 61.6 Å². The van der Waals surface area contributed by atoms with Gasteiger partial charge in [-0.25, -0.2) is 4.39 Å². The van der Waals surface area contributed by atoms with Gasteiger partial charge in [-0.2, -0.15) is 13.2 Å². The Bertz CT molecular complexity index is 1380. The molecule has 1 fully saturated rings. The summed E-state index contributed by atoms with van der Waals surface area (Å²) in [6.07, 6.45) is -3.58.